The van der Waals surface area contributed by atoms with Crippen LogP contribution >= 0.6 is 60.8 Å². The highest BCUT2D eigenvalue weighted by Gasteiger charge is 2.71. The molecule has 36 nitrogen and oxygen atoms in total. The summed E-state index contributed by atoms with van der Waals surface area (Å²) >= 11 is 0. The maximum Gasteiger partial charge on any atom is 0.374 e. The van der Waals surface area contributed by atoms with Gasteiger partial charge in [0.05, 0.1) is 5.92 Å². The number of aryl methyl sites for hydroxylation is 2. The van der Waals surface area contributed by atoms with Gasteiger partial charge in [-0.05, 0) is 115 Å². The van der Waals surface area contributed by atoms with Crippen molar-refractivity contribution in [2.75, 3.05) is 0 Å². The van der Waals surface area contributed by atoms with Crippen LogP contribution in [-0.2, 0) is 108 Å². The minimum Gasteiger partial charge on any atom is -0.427 e. The Hall–Kier alpha value is -6.68. The van der Waals surface area contributed by atoms with Crippen LogP contribution in [0.1, 0.15) is 114 Å². The molecule has 0 amide bonds. The van der Waals surface area contributed by atoms with Gasteiger partial charge >= 0.3 is 72.7 Å². The molecule has 112 heavy (non-hydrogen) atoms. The number of pyridine rings is 4. The van der Waals surface area contributed by atoms with Crippen LogP contribution in [0.25, 0.3) is 0 Å². The molecule has 0 spiro atoms. The number of esters is 2. The molecule has 12 N–H and O–H groups in total. The van der Waals surface area contributed by atoms with E-state index >= 15 is 0 Å². The lowest BCUT2D eigenvalue weighted by Gasteiger charge is -2.41. The van der Waals surface area contributed by atoms with Gasteiger partial charge in [0.25, 0.3) is 20.3 Å². The topological polar surface area (TPSA) is 557 Å². The zero-order valence-corrected chi connectivity index (χ0v) is 66.3. The molecular formula is C66H74F2N4O32P8. The summed E-state index contributed by atoms with van der Waals surface area (Å²) in [7, 11) is -40.8. The quantitative estimate of drug-likeness (QED) is 0.0229. The zero-order chi connectivity index (χ0) is 82.5. The Labute approximate surface area is 636 Å². The van der Waals surface area contributed by atoms with Crippen molar-refractivity contribution in [3.05, 3.63) is 250 Å². The molecule has 8 aromatic rings. The Morgan fingerprint density at radius 2 is 0.759 bits per heavy atom. The monoisotopic (exact) mass is 1720 g/mol. The normalized spacial score (nSPS) is 32.9. The Kier molecular flexibility index (Phi) is 27.9. The molecule has 0 bridgehead atoms. The third-order valence-electron chi connectivity index (χ3n) is 16.7. The van der Waals surface area contributed by atoms with Crippen LogP contribution in [0.5, 0.6) is 11.5 Å². The molecule has 8 atom stereocenters. The standard InChI is InChI=1S/2C18H21NO9P2.2C15H16FNO7P2/c1-12(2)16(20)26-15-7-5-14(6-8-15)17-27-29(22,23)18(21,30(24,25)28-17)10-13-4-3-9-19-11-13;1-2-5-16(20)26-15-8-3-7-14(10-15)17-27-29(22,23)18(21,30(24,25)28-17)11-13-6-4-9-19-12-13;1-10-4-5-13(16)12(7-10)14-23-25(19,20)15(18,26(21,22)24-14)8-11-3-2-6-17-9-11;1-10-4-5-12(13(16)7-10)14-23-25(19,20)15(18,26(21,22)24-14)8-11-3-2-6-17-9-11/h3-9,11-12,17,21H,10H2,1-2H3,(H,22,23)(H,24,25);3-4,6-10,12,17,21H,2,5,11H2,1H3,(H,22,23)(H,24,25);2*2-7,9,14,18H,8H2,1H3,(H,19,20)(H,21,22). The number of hydrogen-bond donors (Lipinski definition) is 12. The highest BCUT2D eigenvalue weighted by Crippen LogP contribution is 2.83. The predicted octanol–water partition coefficient (Wildman–Crippen LogP) is 11.7. The van der Waals surface area contributed by atoms with Crippen LogP contribution in [0.15, 0.2) is 183 Å². The third kappa shape index (κ3) is 19.7. The Morgan fingerprint density at radius 3 is 1.11 bits per heavy atom. The lowest BCUT2D eigenvalue weighted by atomic mass is 10.1. The number of nitrogens with zero attached hydrogens (tertiary/aromatic N) is 4. The fourth-order valence-corrected chi connectivity index (χ4v) is 24.8. The molecule has 46 heteroatoms. The second-order valence-corrected chi connectivity index (χ2v) is 42.9. The van der Waals surface area contributed by atoms with Crippen molar-refractivity contribution in [1.82, 2.24) is 19.9 Å². The highest BCUT2D eigenvalue weighted by atomic mass is 31.3. The smallest absolute Gasteiger partial charge is 0.374 e. The van der Waals surface area contributed by atoms with Crippen LogP contribution in [0.3, 0.4) is 0 Å². The van der Waals surface area contributed by atoms with E-state index < -0.39 is 156 Å². The molecule has 0 aliphatic carbocycles. The zero-order valence-electron chi connectivity index (χ0n) is 59.1. The van der Waals surface area contributed by atoms with Gasteiger partial charge in [0.1, 0.15) is 23.1 Å². The summed E-state index contributed by atoms with van der Waals surface area (Å²) < 4.78 is 179. The van der Waals surface area contributed by atoms with Crippen LogP contribution in [0, 0.1) is 31.4 Å². The van der Waals surface area contributed by atoms with Crippen molar-refractivity contribution in [3.63, 3.8) is 0 Å². The fraction of sp³-hybridized carbons (Fsp3) is 0.303. The molecule has 4 saturated heterocycles. The summed E-state index contributed by atoms with van der Waals surface area (Å²) in [6.45, 7) is 8.40. The van der Waals surface area contributed by atoms with Gasteiger partial charge in [-0.1, -0.05) is 93.1 Å². The van der Waals surface area contributed by atoms with Gasteiger partial charge in [-0.25, -0.2) is 8.78 Å². The van der Waals surface area contributed by atoms with Crippen LogP contribution < -0.4 is 9.47 Å². The molecule has 4 aliphatic rings. The largest absolute Gasteiger partial charge is 0.427 e. The molecule has 604 valence electrons. The van der Waals surface area contributed by atoms with Crippen molar-refractivity contribution >= 4 is 72.7 Å². The van der Waals surface area contributed by atoms with E-state index in [0.717, 1.165) is 12.1 Å². The van der Waals surface area contributed by atoms with E-state index in [4.69, 9.17) is 45.7 Å². The highest BCUT2D eigenvalue weighted by molar-refractivity contribution is 7.75. The summed E-state index contributed by atoms with van der Waals surface area (Å²) in [5, 5.41) is 30.2. The molecule has 12 rings (SSSR count). The SMILES string of the molecule is CC(C)C(=O)Oc1ccc(C2OP(=O)(O)C(O)(Cc3cccnc3)P(=O)(O)O2)cc1.CCCC(=O)Oc1cccc(C2OP(=O)(O)C(O)(Cc3cccnc3)P(=O)(O)O2)c1.Cc1ccc(C2OP(=O)(O)C(O)(Cc3cccnc3)P(=O)(O)O2)c(F)c1.Cc1ccc(F)c(C2OP(=O)(O)C(O)(Cc3cccnc3)P(=O)(O)O2)c1. The number of ether oxygens (including phenoxy) is 2. The first kappa shape index (κ1) is 89.3. The lowest BCUT2D eigenvalue weighted by Crippen LogP contribution is -2.38. The van der Waals surface area contributed by atoms with Crippen molar-refractivity contribution in [1.29, 1.82) is 0 Å². The number of benzene rings is 4. The summed E-state index contributed by atoms with van der Waals surface area (Å²) in [6, 6.07) is 30.4. The summed E-state index contributed by atoms with van der Waals surface area (Å²) in [4.78, 5) is 121. The first-order valence-electron chi connectivity index (χ1n) is 32.8. The fourth-order valence-electron chi connectivity index (χ4n) is 10.5. The van der Waals surface area contributed by atoms with Crippen LogP contribution in [-0.4, -0.2) is 112 Å². The van der Waals surface area contributed by atoms with Crippen molar-refractivity contribution < 1.29 is 160 Å². The van der Waals surface area contributed by atoms with Gasteiger partial charge in [0, 0.05) is 104 Å². The first-order chi connectivity index (χ1) is 52.1. The van der Waals surface area contributed by atoms with Gasteiger partial charge in [0.2, 0.25) is 25.2 Å². The predicted molar refractivity (Wildman–Crippen MR) is 386 cm³/mol. The Bertz CT molecular complexity index is 5030. The van der Waals surface area contributed by atoms with E-state index in [9.17, 15) is 114 Å². The second kappa shape index (κ2) is 35.0. The lowest BCUT2D eigenvalue weighted by molar-refractivity contribution is -0.138. The van der Waals surface area contributed by atoms with Crippen LogP contribution in [0.4, 0.5) is 8.78 Å². The van der Waals surface area contributed by atoms with Gasteiger partial charge in [-0.3, -0.25) is 102 Å². The van der Waals surface area contributed by atoms with E-state index in [1.165, 1.54) is 171 Å². The number of carbonyl (C=O) groups excluding carboxylic acids is 2. The average molecular weight is 1720 g/mol. The molecule has 4 fully saturated rings. The number of halogens is 2. The molecule has 8 unspecified atom stereocenters. The van der Waals surface area contributed by atoms with Gasteiger partial charge in [-0.15, -0.1) is 0 Å². The van der Waals surface area contributed by atoms with Gasteiger partial charge < -0.3 is 69.0 Å². The van der Waals surface area contributed by atoms with Crippen molar-refractivity contribution in [2.24, 2.45) is 5.92 Å². The maximum atomic E-state index is 14.1. The molecule has 0 radical (unpaired) electrons. The number of hydrogen-bond acceptors (Lipinski definition) is 28. The summed E-state index contributed by atoms with van der Waals surface area (Å²) in [6.07, 6.45) is 1.50. The van der Waals surface area contributed by atoms with Crippen molar-refractivity contribution in [2.45, 2.75) is 119 Å². The van der Waals surface area contributed by atoms with E-state index in [-0.39, 0.29) is 68.3 Å². The van der Waals surface area contributed by atoms with Gasteiger partial charge in [-0.2, -0.15) is 0 Å². The summed E-state index contributed by atoms with van der Waals surface area (Å²) in [5.41, 5.74) is 1.57. The number of aromatic nitrogens is 4. The Morgan fingerprint density at radius 1 is 0.411 bits per heavy atom. The number of rotatable bonds is 17. The molecule has 8 heterocycles. The molecular weight excluding hydrogens is 1650 g/mol. The Balaban J connectivity index is 0.000000172. The molecule has 4 aromatic carbocycles. The minimum atomic E-state index is -5.13. The van der Waals surface area contributed by atoms with E-state index in [0.29, 0.717) is 17.5 Å². The number of carbonyl (C=O) groups is 2. The van der Waals surface area contributed by atoms with E-state index in [2.05, 4.69) is 19.9 Å². The maximum absolute atomic E-state index is 14.1. The summed E-state index contributed by atoms with van der Waals surface area (Å²) in [5.74, 6) is -2.64. The average Bonchev–Trinajstić information content (AvgIpc) is 0.739. The van der Waals surface area contributed by atoms with Crippen LogP contribution in [0.2, 0.25) is 0 Å². The molecule has 0 saturated carbocycles. The van der Waals surface area contributed by atoms with Crippen molar-refractivity contribution in [3.8, 4) is 11.5 Å². The molecule has 4 aliphatic heterocycles. The van der Waals surface area contributed by atoms with E-state index in [1.54, 1.807) is 27.7 Å². The molecule has 4 aromatic heterocycles. The van der Waals surface area contributed by atoms with Gasteiger partial charge in [0.15, 0.2) is 0 Å². The first-order valence-corrected chi connectivity index (χ1v) is 45.5. The minimum absolute atomic E-state index is 0.0591. The third-order valence-corrected chi connectivity index (χ3v) is 35.0. The number of aliphatic hydroxyl groups is 4. The van der Waals surface area contributed by atoms with E-state index in [1.807, 2.05) is 6.92 Å². The second-order valence-electron chi connectivity index (χ2n) is 25.6.